The van der Waals surface area contributed by atoms with E-state index in [1.165, 1.54) is 4.88 Å². The third-order valence-corrected chi connectivity index (χ3v) is 11.7. The van der Waals surface area contributed by atoms with Crippen LogP contribution in [0.25, 0.3) is 22.6 Å². The van der Waals surface area contributed by atoms with Crippen LogP contribution in [0.3, 0.4) is 0 Å². The largest absolute Gasteiger partial charge is 0.389 e. The van der Waals surface area contributed by atoms with E-state index in [2.05, 4.69) is 30.1 Å². The second-order valence-corrected chi connectivity index (χ2v) is 14.7. The zero-order chi connectivity index (χ0) is 31.1. The maximum Gasteiger partial charge on any atom is 0.186 e. The summed E-state index contributed by atoms with van der Waals surface area (Å²) < 4.78 is 13.7. The summed E-state index contributed by atoms with van der Waals surface area (Å²) in [6.07, 6.45) is 9.55. The van der Waals surface area contributed by atoms with Crippen LogP contribution >= 0.6 is 11.3 Å². The number of aromatic nitrogens is 5. The van der Waals surface area contributed by atoms with E-state index in [9.17, 15) is 10.4 Å². The fraction of sp³-hybridized carbons (Fsp3) is 0.594. The molecule has 2 aliphatic heterocycles. The number of aryl methyl sites for hydroxylation is 1. The molecule has 1 spiro atoms. The highest BCUT2D eigenvalue weighted by atomic mass is 32.1. The summed E-state index contributed by atoms with van der Waals surface area (Å²) in [6, 6.07) is 2.86. The first kappa shape index (κ1) is 28.9. The average molecular weight is 630 g/mol. The number of fused-ring (bicyclic) bond motifs is 5. The molecule has 2 saturated heterocycles. The van der Waals surface area contributed by atoms with Gasteiger partial charge in [-0.1, -0.05) is 5.16 Å². The fourth-order valence-electron chi connectivity index (χ4n) is 8.48. The molecular weight excluding hydrogens is 590 g/mol. The number of anilines is 2. The fourth-order valence-corrected chi connectivity index (χ4v) is 9.64. The maximum atomic E-state index is 11.0. The maximum absolute atomic E-state index is 11.0. The van der Waals surface area contributed by atoms with Crippen molar-refractivity contribution in [2.75, 3.05) is 51.0 Å². The third-order valence-electron chi connectivity index (χ3n) is 10.7. The van der Waals surface area contributed by atoms with E-state index < -0.39 is 11.0 Å². The van der Waals surface area contributed by atoms with E-state index in [1.54, 1.807) is 11.3 Å². The highest BCUT2D eigenvalue weighted by molar-refractivity contribution is 7.16. The van der Waals surface area contributed by atoms with Crippen molar-refractivity contribution in [3.05, 3.63) is 33.5 Å². The van der Waals surface area contributed by atoms with Crippen molar-refractivity contribution >= 4 is 33.2 Å². The predicted octanol–water partition coefficient (Wildman–Crippen LogP) is 3.81. The van der Waals surface area contributed by atoms with Crippen LogP contribution in [0.2, 0.25) is 0 Å². The van der Waals surface area contributed by atoms with Crippen molar-refractivity contribution in [3.8, 4) is 17.6 Å². The van der Waals surface area contributed by atoms with E-state index >= 15 is 0 Å². The van der Waals surface area contributed by atoms with E-state index in [1.807, 2.05) is 22.8 Å². The van der Waals surface area contributed by atoms with Crippen LogP contribution < -0.4 is 10.6 Å². The highest BCUT2D eigenvalue weighted by Gasteiger charge is 2.49. The first-order valence-corrected chi connectivity index (χ1v) is 16.8. The SMILES string of the molecule is C[C@@H]([C@@H]1CCCN1C)n1ncc2c(N(C)CC3(O)COC3)nc(-c3noc4c3CCC[C@@]43CCCc4sc(N)c(C#N)c43)nc21. The van der Waals surface area contributed by atoms with Gasteiger partial charge >= 0.3 is 0 Å². The van der Waals surface area contributed by atoms with Crippen LogP contribution in [0.1, 0.15) is 78.8 Å². The van der Waals surface area contributed by atoms with Crippen LogP contribution in [0.15, 0.2) is 10.7 Å². The Hall–Kier alpha value is -3.57. The van der Waals surface area contributed by atoms with Gasteiger partial charge in [-0.2, -0.15) is 10.4 Å². The zero-order valence-corrected chi connectivity index (χ0v) is 26.9. The summed E-state index contributed by atoms with van der Waals surface area (Å²) in [7, 11) is 4.11. The van der Waals surface area contributed by atoms with Gasteiger partial charge in [-0.15, -0.1) is 11.3 Å². The number of likely N-dealkylation sites (N-methyl/N-ethyl adjacent to an activating group) is 2. The molecule has 2 aliphatic carbocycles. The molecule has 2 fully saturated rings. The predicted molar refractivity (Wildman–Crippen MR) is 170 cm³/mol. The number of ether oxygens (including phenoxy) is 1. The van der Waals surface area contributed by atoms with Gasteiger partial charge in [-0.3, -0.25) is 0 Å². The molecule has 0 saturated carbocycles. The highest BCUT2D eigenvalue weighted by Crippen LogP contribution is 2.55. The van der Waals surface area contributed by atoms with Crippen LogP contribution in [0.4, 0.5) is 10.8 Å². The van der Waals surface area contributed by atoms with Crippen molar-refractivity contribution in [1.82, 2.24) is 29.8 Å². The average Bonchev–Trinajstić information content (AvgIpc) is 3.80. The van der Waals surface area contributed by atoms with Gasteiger partial charge in [-0.25, -0.2) is 14.6 Å². The minimum atomic E-state index is -0.930. The minimum Gasteiger partial charge on any atom is -0.389 e. The second-order valence-electron chi connectivity index (χ2n) is 13.6. The van der Waals surface area contributed by atoms with E-state index in [0.29, 0.717) is 53.7 Å². The van der Waals surface area contributed by atoms with E-state index in [-0.39, 0.29) is 6.04 Å². The summed E-state index contributed by atoms with van der Waals surface area (Å²) >= 11 is 1.54. The number of nitrogen functional groups attached to an aromatic ring is 1. The third kappa shape index (κ3) is 4.33. The lowest BCUT2D eigenvalue weighted by Crippen LogP contribution is -2.56. The number of hydrogen-bond donors (Lipinski definition) is 2. The quantitative estimate of drug-likeness (QED) is 0.320. The Morgan fingerprint density at radius 1 is 1.24 bits per heavy atom. The van der Waals surface area contributed by atoms with Crippen molar-refractivity contribution in [1.29, 1.82) is 5.26 Å². The number of likely N-dealkylation sites (tertiary alicyclic amines) is 1. The molecule has 0 bridgehead atoms. The Kier molecular flexibility index (Phi) is 6.73. The van der Waals surface area contributed by atoms with Crippen LogP contribution in [-0.2, 0) is 23.0 Å². The van der Waals surface area contributed by atoms with Crippen molar-refractivity contribution in [2.24, 2.45) is 0 Å². The standard InChI is InChI=1S/C32H39N9O3S/c1-18(22-8-6-12-39(22)2)41-30-21(14-35-41)29(40(3)15-31(42)16-43-17-31)36-28(37-30)25-19-7-4-10-32(26(19)44-38-25)11-5-9-23-24(32)20(13-33)27(34)45-23/h14,18,22,42H,4-12,15-17,34H2,1-3H3/t18-,22-,32-/m0/s1. The monoisotopic (exact) mass is 629 g/mol. The number of aliphatic hydroxyl groups is 1. The molecule has 4 aromatic heterocycles. The molecule has 0 aromatic carbocycles. The Bertz CT molecular complexity index is 1830. The Labute approximate surface area is 265 Å². The summed E-state index contributed by atoms with van der Waals surface area (Å²) in [6.45, 7) is 4.23. The van der Waals surface area contributed by atoms with Gasteiger partial charge in [0.1, 0.15) is 22.5 Å². The molecule has 4 aromatic rings. The number of nitrogens with zero attached hydrogens (tertiary/aromatic N) is 8. The van der Waals surface area contributed by atoms with Crippen LogP contribution in [-0.4, -0.2) is 87.0 Å². The summed E-state index contributed by atoms with van der Waals surface area (Å²) in [4.78, 5) is 15.8. The van der Waals surface area contributed by atoms with Gasteiger partial charge < -0.3 is 29.9 Å². The molecule has 0 unspecified atom stereocenters. The number of thiophene rings is 1. The van der Waals surface area contributed by atoms with Crippen LogP contribution in [0.5, 0.6) is 0 Å². The van der Waals surface area contributed by atoms with E-state index in [0.717, 1.165) is 85.8 Å². The Balaban J connectivity index is 1.28. The Morgan fingerprint density at radius 3 is 2.76 bits per heavy atom. The van der Waals surface area contributed by atoms with Crippen molar-refractivity contribution in [2.45, 2.75) is 81.4 Å². The molecule has 6 heterocycles. The van der Waals surface area contributed by atoms with Gasteiger partial charge in [-0.05, 0) is 77.4 Å². The minimum absolute atomic E-state index is 0.101. The topological polar surface area (TPSA) is 155 Å². The van der Waals surface area contributed by atoms with Gasteiger partial charge in [0.15, 0.2) is 22.9 Å². The first-order valence-electron chi connectivity index (χ1n) is 16.0. The van der Waals surface area contributed by atoms with Crippen LogP contribution in [0, 0.1) is 11.3 Å². The number of nitrogens with two attached hydrogens (primary N) is 1. The molecule has 8 rings (SSSR count). The lowest BCUT2D eigenvalue weighted by molar-refractivity contribution is -0.171. The van der Waals surface area contributed by atoms with Gasteiger partial charge in [0, 0.05) is 23.5 Å². The summed E-state index contributed by atoms with van der Waals surface area (Å²) in [5.41, 5.74) is 9.04. The molecule has 4 aliphatic rings. The number of rotatable bonds is 6. The Morgan fingerprint density at radius 2 is 2.04 bits per heavy atom. The normalized spacial score (nSPS) is 24.7. The van der Waals surface area contributed by atoms with Gasteiger partial charge in [0.05, 0.1) is 48.4 Å². The van der Waals surface area contributed by atoms with E-state index in [4.69, 9.17) is 30.1 Å². The van der Waals surface area contributed by atoms with Gasteiger partial charge in [0.25, 0.3) is 0 Å². The molecule has 12 nitrogen and oxygen atoms in total. The molecule has 0 amide bonds. The molecule has 3 N–H and O–H groups in total. The summed E-state index contributed by atoms with van der Waals surface area (Å²) in [5, 5.41) is 32.0. The number of nitriles is 1. The first-order chi connectivity index (χ1) is 21.7. The van der Waals surface area contributed by atoms with Gasteiger partial charge in [0.2, 0.25) is 0 Å². The lowest BCUT2D eigenvalue weighted by Gasteiger charge is -2.39. The summed E-state index contributed by atoms with van der Waals surface area (Å²) in [5.74, 6) is 2.00. The second kappa shape index (κ2) is 10.5. The van der Waals surface area contributed by atoms with Crippen molar-refractivity contribution in [3.63, 3.8) is 0 Å². The number of hydrogen-bond acceptors (Lipinski definition) is 12. The lowest BCUT2D eigenvalue weighted by atomic mass is 9.63. The van der Waals surface area contributed by atoms with Crippen molar-refractivity contribution < 1.29 is 14.4 Å². The molecule has 3 atom stereocenters. The molecule has 0 radical (unpaired) electrons. The molecular formula is C32H39N9O3S. The smallest absolute Gasteiger partial charge is 0.186 e. The zero-order valence-electron chi connectivity index (χ0n) is 26.0. The molecule has 236 valence electrons. The molecule has 45 heavy (non-hydrogen) atoms. The molecule has 13 heteroatoms.